The van der Waals surface area contributed by atoms with E-state index in [-0.39, 0.29) is 30.7 Å². The predicted octanol–water partition coefficient (Wildman–Crippen LogP) is 2.88. The quantitative estimate of drug-likeness (QED) is 0.697. The van der Waals surface area contributed by atoms with Gasteiger partial charge in [-0.3, -0.25) is 4.79 Å². The van der Waals surface area contributed by atoms with Crippen LogP contribution in [0, 0.1) is 0 Å². The van der Waals surface area contributed by atoms with Gasteiger partial charge in [-0.15, -0.1) is 36.2 Å². The zero-order chi connectivity index (χ0) is 17.2. The van der Waals surface area contributed by atoms with Crippen LogP contribution < -0.4 is 10.6 Å². The molecule has 1 unspecified atom stereocenters. The van der Waals surface area contributed by atoms with Crippen LogP contribution in [0.4, 0.5) is 5.82 Å². The van der Waals surface area contributed by atoms with Crippen molar-refractivity contribution in [3.63, 3.8) is 0 Å². The van der Waals surface area contributed by atoms with Crippen LogP contribution in [0.25, 0.3) is 10.2 Å². The molecule has 1 saturated heterocycles. The Labute approximate surface area is 174 Å². The first-order valence-corrected chi connectivity index (χ1v) is 9.14. The summed E-state index contributed by atoms with van der Waals surface area (Å²) in [5, 5.41) is 2.03. The molecule has 1 aliphatic rings. The molecule has 27 heavy (non-hydrogen) atoms. The summed E-state index contributed by atoms with van der Waals surface area (Å²) in [7, 11) is 0. The molecule has 0 spiro atoms. The number of benzene rings is 1. The number of aromatic nitrogens is 2. The third-order valence-electron chi connectivity index (χ3n) is 4.54. The molecule has 1 fully saturated rings. The number of carbonyl (C=O) groups excluding carboxylic acids is 1. The van der Waals surface area contributed by atoms with Gasteiger partial charge in [-0.1, -0.05) is 30.3 Å². The van der Waals surface area contributed by atoms with Crippen LogP contribution in [-0.2, 0) is 4.79 Å². The standard InChI is InChI=1S/C18H19N5OS.2ClH/c19-15(13-4-2-1-3-5-13)18(24)23-9-7-22(8-10-23)17-16-14(6-11-25-16)20-12-21-17;;/h1-6,11-12,15H,7-10,19H2;2*1H. The number of nitrogens with zero attached hydrogens (tertiary/aromatic N) is 4. The molecule has 3 heterocycles. The van der Waals surface area contributed by atoms with Gasteiger partial charge in [-0.25, -0.2) is 9.97 Å². The fourth-order valence-corrected chi connectivity index (χ4v) is 4.00. The van der Waals surface area contributed by atoms with E-state index in [1.165, 1.54) is 0 Å². The molecule has 1 aliphatic heterocycles. The maximum atomic E-state index is 12.7. The van der Waals surface area contributed by atoms with Crippen LogP contribution in [0.5, 0.6) is 0 Å². The number of fused-ring (bicyclic) bond motifs is 1. The Morgan fingerprint density at radius 2 is 1.74 bits per heavy atom. The van der Waals surface area contributed by atoms with Crippen molar-refractivity contribution in [1.29, 1.82) is 0 Å². The van der Waals surface area contributed by atoms with E-state index in [2.05, 4.69) is 14.9 Å². The van der Waals surface area contributed by atoms with Crippen LogP contribution in [0.2, 0.25) is 0 Å². The number of nitrogens with two attached hydrogens (primary N) is 1. The van der Waals surface area contributed by atoms with Crippen molar-refractivity contribution in [2.45, 2.75) is 6.04 Å². The van der Waals surface area contributed by atoms with Crippen LogP contribution in [0.15, 0.2) is 48.1 Å². The van der Waals surface area contributed by atoms with Gasteiger partial charge in [0.05, 0.1) is 10.2 Å². The van der Waals surface area contributed by atoms with E-state index in [0.29, 0.717) is 13.1 Å². The molecule has 9 heteroatoms. The second-order valence-electron chi connectivity index (χ2n) is 6.03. The highest BCUT2D eigenvalue weighted by Crippen LogP contribution is 2.28. The second kappa shape index (κ2) is 9.32. The summed E-state index contributed by atoms with van der Waals surface area (Å²) in [5.41, 5.74) is 7.98. The van der Waals surface area contributed by atoms with E-state index in [1.807, 2.05) is 46.7 Å². The minimum absolute atomic E-state index is 0. The van der Waals surface area contributed by atoms with Crippen molar-refractivity contribution < 1.29 is 4.79 Å². The summed E-state index contributed by atoms with van der Waals surface area (Å²) in [6.45, 7) is 2.79. The minimum atomic E-state index is -0.601. The molecule has 2 aromatic heterocycles. The van der Waals surface area contributed by atoms with Crippen molar-refractivity contribution in [2.24, 2.45) is 5.73 Å². The third kappa shape index (κ3) is 4.32. The maximum Gasteiger partial charge on any atom is 0.244 e. The molecule has 0 aliphatic carbocycles. The van der Waals surface area contributed by atoms with E-state index in [9.17, 15) is 4.79 Å². The molecule has 3 aromatic rings. The lowest BCUT2D eigenvalue weighted by molar-refractivity contribution is -0.133. The van der Waals surface area contributed by atoms with Crippen molar-refractivity contribution in [3.8, 4) is 0 Å². The van der Waals surface area contributed by atoms with Crippen molar-refractivity contribution >= 4 is 58.1 Å². The molecule has 144 valence electrons. The summed E-state index contributed by atoms with van der Waals surface area (Å²) in [6.07, 6.45) is 1.60. The summed E-state index contributed by atoms with van der Waals surface area (Å²) in [6, 6.07) is 10.9. The van der Waals surface area contributed by atoms with Crippen molar-refractivity contribution in [3.05, 3.63) is 53.7 Å². The topological polar surface area (TPSA) is 75.4 Å². The highest BCUT2D eigenvalue weighted by Gasteiger charge is 2.27. The lowest BCUT2D eigenvalue weighted by Gasteiger charge is -2.36. The zero-order valence-electron chi connectivity index (χ0n) is 14.5. The van der Waals surface area contributed by atoms with E-state index >= 15 is 0 Å². The van der Waals surface area contributed by atoms with E-state index < -0.39 is 6.04 Å². The number of hydrogen-bond acceptors (Lipinski definition) is 6. The monoisotopic (exact) mass is 425 g/mol. The lowest BCUT2D eigenvalue weighted by atomic mass is 10.1. The predicted molar refractivity (Wildman–Crippen MR) is 114 cm³/mol. The Morgan fingerprint density at radius 1 is 1.04 bits per heavy atom. The zero-order valence-corrected chi connectivity index (χ0v) is 17.0. The average molecular weight is 426 g/mol. The Kier molecular flexibility index (Phi) is 7.38. The smallest absolute Gasteiger partial charge is 0.244 e. The highest BCUT2D eigenvalue weighted by atomic mass is 35.5. The number of rotatable bonds is 3. The Bertz CT molecular complexity index is 884. The maximum absolute atomic E-state index is 12.7. The van der Waals surface area contributed by atoms with Crippen molar-refractivity contribution in [2.75, 3.05) is 31.1 Å². The van der Waals surface area contributed by atoms with Gasteiger partial charge in [0.1, 0.15) is 18.2 Å². The molecule has 4 rings (SSSR count). The number of halogens is 2. The molecule has 0 saturated carbocycles. The molecule has 0 bridgehead atoms. The van der Waals surface area contributed by atoms with E-state index in [1.54, 1.807) is 17.7 Å². The SMILES string of the molecule is Cl.Cl.NC(C(=O)N1CCN(c2ncnc3ccsc23)CC1)c1ccccc1. The van der Waals surface area contributed by atoms with Gasteiger partial charge < -0.3 is 15.5 Å². The summed E-state index contributed by atoms with van der Waals surface area (Å²) >= 11 is 1.65. The first-order chi connectivity index (χ1) is 12.2. The molecular formula is C18H21Cl2N5OS. The second-order valence-corrected chi connectivity index (χ2v) is 6.95. The van der Waals surface area contributed by atoms with Gasteiger partial charge in [0.2, 0.25) is 5.91 Å². The number of amides is 1. The number of carbonyl (C=O) groups is 1. The molecule has 1 amide bonds. The van der Waals surface area contributed by atoms with Gasteiger partial charge in [-0.2, -0.15) is 0 Å². The van der Waals surface area contributed by atoms with Gasteiger partial charge in [0, 0.05) is 26.2 Å². The van der Waals surface area contributed by atoms with E-state index in [4.69, 9.17) is 5.73 Å². The van der Waals surface area contributed by atoms with Crippen LogP contribution in [0.1, 0.15) is 11.6 Å². The Hall–Kier alpha value is -1.93. The van der Waals surface area contributed by atoms with Crippen LogP contribution >= 0.6 is 36.2 Å². The fourth-order valence-electron chi connectivity index (χ4n) is 3.14. The Morgan fingerprint density at radius 3 is 2.44 bits per heavy atom. The van der Waals surface area contributed by atoms with E-state index in [0.717, 1.165) is 34.7 Å². The van der Waals surface area contributed by atoms with Gasteiger partial charge in [-0.05, 0) is 17.0 Å². The molecule has 0 radical (unpaired) electrons. The number of piperazine rings is 1. The van der Waals surface area contributed by atoms with Crippen LogP contribution in [-0.4, -0.2) is 47.0 Å². The molecule has 1 atom stereocenters. The molecule has 6 nitrogen and oxygen atoms in total. The van der Waals surface area contributed by atoms with Gasteiger partial charge in [0.15, 0.2) is 0 Å². The van der Waals surface area contributed by atoms with Crippen LogP contribution in [0.3, 0.4) is 0 Å². The summed E-state index contributed by atoms with van der Waals surface area (Å²) < 4.78 is 1.10. The molecule has 2 N–H and O–H groups in total. The van der Waals surface area contributed by atoms with Gasteiger partial charge >= 0.3 is 0 Å². The number of thiophene rings is 1. The van der Waals surface area contributed by atoms with Gasteiger partial charge in [0.25, 0.3) is 0 Å². The number of hydrogen-bond donors (Lipinski definition) is 1. The number of anilines is 1. The average Bonchev–Trinajstić information content (AvgIpc) is 3.16. The highest BCUT2D eigenvalue weighted by molar-refractivity contribution is 7.17. The Balaban J connectivity index is 0.00000131. The third-order valence-corrected chi connectivity index (χ3v) is 5.44. The summed E-state index contributed by atoms with van der Waals surface area (Å²) in [4.78, 5) is 25.5. The first-order valence-electron chi connectivity index (χ1n) is 8.26. The minimum Gasteiger partial charge on any atom is -0.352 e. The molecule has 1 aromatic carbocycles. The van der Waals surface area contributed by atoms with Crippen molar-refractivity contribution in [1.82, 2.24) is 14.9 Å². The normalized spacial score (nSPS) is 15.0. The molecular weight excluding hydrogens is 405 g/mol. The fraction of sp³-hybridized carbons (Fsp3) is 0.278. The largest absolute Gasteiger partial charge is 0.352 e. The summed E-state index contributed by atoms with van der Waals surface area (Å²) in [5.74, 6) is 0.939. The lowest BCUT2D eigenvalue weighted by Crippen LogP contribution is -2.51. The first kappa shape index (κ1) is 21.4.